The first-order chi connectivity index (χ1) is 5.63. The standard InChI is InChI=1S/C10H18O2.V/c1-4-6-9(7-5-2)8(3)10(11)12;/h4,6,8-9H,5,7H2,1-3H3,(H,11,12);/b6-4+;/t8-,9+;/m1./s1. The van der Waals surface area contributed by atoms with E-state index in [1.165, 1.54) is 0 Å². The van der Waals surface area contributed by atoms with E-state index in [1.54, 1.807) is 6.92 Å². The molecule has 0 saturated heterocycles. The number of hydrogen-bond donors (Lipinski definition) is 1. The zero-order valence-corrected chi connectivity index (χ0v) is 9.92. The molecular weight excluding hydrogens is 203 g/mol. The van der Waals surface area contributed by atoms with Crippen LogP contribution in [-0.2, 0) is 23.4 Å². The van der Waals surface area contributed by atoms with Gasteiger partial charge in [-0.3, -0.25) is 4.79 Å². The van der Waals surface area contributed by atoms with E-state index in [1.807, 2.05) is 19.1 Å². The van der Waals surface area contributed by atoms with Gasteiger partial charge < -0.3 is 5.11 Å². The number of carboxylic acid groups (broad SMARTS) is 1. The Kier molecular flexibility index (Phi) is 9.86. The van der Waals surface area contributed by atoms with Gasteiger partial charge in [-0.2, -0.15) is 0 Å². The van der Waals surface area contributed by atoms with Gasteiger partial charge in [0.25, 0.3) is 0 Å². The minimum Gasteiger partial charge on any atom is -0.481 e. The van der Waals surface area contributed by atoms with Crippen LogP contribution in [0.3, 0.4) is 0 Å². The van der Waals surface area contributed by atoms with Gasteiger partial charge in [0, 0.05) is 18.6 Å². The first kappa shape index (κ1) is 15.3. The number of allylic oxidation sites excluding steroid dienone is 2. The van der Waals surface area contributed by atoms with Crippen molar-refractivity contribution in [2.75, 3.05) is 0 Å². The van der Waals surface area contributed by atoms with Gasteiger partial charge in [0.2, 0.25) is 0 Å². The minimum absolute atomic E-state index is 0. The van der Waals surface area contributed by atoms with Crippen molar-refractivity contribution in [3.05, 3.63) is 12.2 Å². The Hall–Kier alpha value is -0.206. The third-order valence-electron chi connectivity index (χ3n) is 2.09. The summed E-state index contributed by atoms with van der Waals surface area (Å²) in [5.41, 5.74) is 0. The molecule has 0 heterocycles. The van der Waals surface area contributed by atoms with E-state index in [0.717, 1.165) is 12.8 Å². The number of carbonyl (C=O) groups is 1. The third-order valence-corrected chi connectivity index (χ3v) is 2.09. The maximum atomic E-state index is 10.7. The largest absolute Gasteiger partial charge is 0.481 e. The van der Waals surface area contributed by atoms with Crippen molar-refractivity contribution < 1.29 is 28.5 Å². The molecule has 0 amide bonds. The van der Waals surface area contributed by atoms with Crippen LogP contribution in [0.2, 0.25) is 0 Å². The molecule has 2 nitrogen and oxygen atoms in total. The molecule has 1 N–H and O–H groups in total. The predicted octanol–water partition coefficient (Wildman–Crippen LogP) is 2.70. The molecule has 75 valence electrons. The maximum absolute atomic E-state index is 10.7. The molecule has 0 unspecified atom stereocenters. The van der Waals surface area contributed by atoms with Crippen molar-refractivity contribution in [1.29, 1.82) is 0 Å². The van der Waals surface area contributed by atoms with Gasteiger partial charge in [-0.1, -0.05) is 32.4 Å². The van der Waals surface area contributed by atoms with Gasteiger partial charge in [0.1, 0.15) is 0 Å². The number of aliphatic carboxylic acids is 1. The molecule has 0 aliphatic heterocycles. The fourth-order valence-corrected chi connectivity index (χ4v) is 1.28. The summed E-state index contributed by atoms with van der Waals surface area (Å²) in [6.45, 7) is 5.77. The Morgan fingerprint density at radius 2 is 2.08 bits per heavy atom. The normalized spacial score (nSPS) is 15.0. The molecule has 0 saturated carbocycles. The quantitative estimate of drug-likeness (QED) is 0.725. The second-order valence-electron chi connectivity index (χ2n) is 3.11. The van der Waals surface area contributed by atoms with E-state index in [-0.39, 0.29) is 30.4 Å². The van der Waals surface area contributed by atoms with Crippen molar-refractivity contribution in [3.8, 4) is 0 Å². The van der Waals surface area contributed by atoms with Gasteiger partial charge in [-0.05, 0) is 19.3 Å². The van der Waals surface area contributed by atoms with Gasteiger partial charge >= 0.3 is 5.97 Å². The van der Waals surface area contributed by atoms with Crippen molar-refractivity contribution in [1.82, 2.24) is 0 Å². The molecule has 0 aliphatic carbocycles. The number of rotatable bonds is 5. The van der Waals surface area contributed by atoms with Crippen LogP contribution in [0.15, 0.2) is 12.2 Å². The van der Waals surface area contributed by atoms with Crippen LogP contribution in [0.25, 0.3) is 0 Å². The summed E-state index contributed by atoms with van der Waals surface area (Å²) in [4.78, 5) is 10.7. The van der Waals surface area contributed by atoms with Crippen molar-refractivity contribution >= 4 is 5.97 Å². The Bertz CT molecular complexity index is 166. The van der Waals surface area contributed by atoms with Crippen LogP contribution < -0.4 is 0 Å². The summed E-state index contributed by atoms with van der Waals surface area (Å²) in [5.74, 6) is -0.773. The van der Waals surface area contributed by atoms with Crippen LogP contribution >= 0.6 is 0 Å². The fourth-order valence-electron chi connectivity index (χ4n) is 1.28. The fraction of sp³-hybridized carbons (Fsp3) is 0.700. The Labute approximate surface area is 92.3 Å². The molecule has 0 aromatic heterocycles. The minimum atomic E-state index is -0.702. The van der Waals surface area contributed by atoms with Gasteiger partial charge in [0.15, 0.2) is 0 Å². The number of hydrogen-bond acceptors (Lipinski definition) is 1. The average molecular weight is 221 g/mol. The summed E-state index contributed by atoms with van der Waals surface area (Å²) in [7, 11) is 0. The van der Waals surface area contributed by atoms with E-state index in [9.17, 15) is 4.79 Å². The van der Waals surface area contributed by atoms with Crippen molar-refractivity contribution in [2.45, 2.75) is 33.6 Å². The average Bonchev–Trinajstić information content (AvgIpc) is 2.03. The van der Waals surface area contributed by atoms with Crippen molar-refractivity contribution in [3.63, 3.8) is 0 Å². The van der Waals surface area contributed by atoms with E-state index in [0.29, 0.717) is 0 Å². The maximum Gasteiger partial charge on any atom is 0.306 e. The Morgan fingerprint density at radius 3 is 2.38 bits per heavy atom. The van der Waals surface area contributed by atoms with E-state index in [2.05, 4.69) is 6.92 Å². The molecule has 0 aliphatic rings. The molecular formula is C10H18O2V. The van der Waals surface area contributed by atoms with Gasteiger partial charge in [-0.15, -0.1) is 0 Å². The molecule has 0 rings (SSSR count). The first-order valence-corrected chi connectivity index (χ1v) is 4.49. The van der Waals surface area contributed by atoms with Crippen LogP contribution in [0.1, 0.15) is 33.6 Å². The molecule has 2 atom stereocenters. The Balaban J connectivity index is 0. The molecule has 1 radical (unpaired) electrons. The molecule has 3 heteroatoms. The van der Waals surface area contributed by atoms with Crippen molar-refractivity contribution in [2.24, 2.45) is 11.8 Å². The Morgan fingerprint density at radius 1 is 1.54 bits per heavy atom. The summed E-state index contributed by atoms with van der Waals surface area (Å²) < 4.78 is 0. The van der Waals surface area contributed by atoms with E-state index < -0.39 is 5.97 Å². The van der Waals surface area contributed by atoms with Crippen LogP contribution in [0, 0.1) is 11.8 Å². The summed E-state index contributed by atoms with van der Waals surface area (Å²) in [6.07, 6.45) is 5.91. The SMILES string of the molecule is C/C=C/[C@@H](CCC)[C@@H](C)C(=O)O.[V]. The topological polar surface area (TPSA) is 37.3 Å². The van der Waals surface area contributed by atoms with E-state index in [4.69, 9.17) is 5.11 Å². The third kappa shape index (κ3) is 5.95. The zero-order valence-electron chi connectivity index (χ0n) is 8.53. The second kappa shape index (κ2) is 8.40. The second-order valence-corrected chi connectivity index (χ2v) is 3.11. The smallest absolute Gasteiger partial charge is 0.306 e. The van der Waals surface area contributed by atoms with Gasteiger partial charge in [0.05, 0.1) is 5.92 Å². The van der Waals surface area contributed by atoms with Crippen LogP contribution in [0.4, 0.5) is 0 Å². The molecule has 0 aromatic carbocycles. The number of carboxylic acids is 1. The van der Waals surface area contributed by atoms with Crippen LogP contribution in [-0.4, -0.2) is 11.1 Å². The summed E-state index contributed by atoms with van der Waals surface area (Å²) in [5, 5.41) is 8.77. The molecule has 0 spiro atoms. The summed E-state index contributed by atoms with van der Waals surface area (Å²) >= 11 is 0. The van der Waals surface area contributed by atoms with Gasteiger partial charge in [-0.25, -0.2) is 0 Å². The molecule has 0 aromatic rings. The first-order valence-electron chi connectivity index (χ1n) is 4.49. The van der Waals surface area contributed by atoms with Crippen LogP contribution in [0.5, 0.6) is 0 Å². The predicted molar refractivity (Wildman–Crippen MR) is 50.0 cm³/mol. The monoisotopic (exact) mass is 221 g/mol. The molecule has 0 bridgehead atoms. The van der Waals surface area contributed by atoms with E-state index >= 15 is 0 Å². The summed E-state index contributed by atoms with van der Waals surface area (Å²) in [6, 6.07) is 0. The zero-order chi connectivity index (χ0) is 9.56. The molecule has 0 fully saturated rings. The molecule has 13 heavy (non-hydrogen) atoms.